The number of urea groups is 1. The zero-order valence-corrected chi connectivity index (χ0v) is 38.2. The van der Waals surface area contributed by atoms with Crippen LogP contribution >= 0.6 is 0 Å². The molecule has 0 radical (unpaired) electrons. The van der Waals surface area contributed by atoms with Crippen LogP contribution in [0, 0.1) is 5.92 Å². The van der Waals surface area contributed by atoms with Crippen molar-refractivity contribution in [3.63, 3.8) is 0 Å². The van der Waals surface area contributed by atoms with Crippen LogP contribution in [-0.2, 0) is 25.5 Å². The minimum atomic E-state index is -0.827. The molecule has 4 aliphatic heterocycles. The number of amides is 5. The number of likely N-dealkylation sites (tertiary alicyclic amines) is 2. The second-order valence-corrected chi connectivity index (χ2v) is 18.4. The summed E-state index contributed by atoms with van der Waals surface area (Å²) in [5, 5.41) is 10.3. The van der Waals surface area contributed by atoms with Gasteiger partial charge in [-0.15, -0.1) is 0 Å². The van der Waals surface area contributed by atoms with Gasteiger partial charge in [0.1, 0.15) is 17.9 Å². The highest BCUT2D eigenvalue weighted by Gasteiger charge is 2.40. The van der Waals surface area contributed by atoms with E-state index in [1.807, 2.05) is 60.2 Å². The third-order valence-electron chi connectivity index (χ3n) is 13.9. The van der Waals surface area contributed by atoms with Crippen LogP contribution in [0.25, 0.3) is 43.9 Å². The summed E-state index contributed by atoms with van der Waals surface area (Å²) in [6.45, 7) is 6.98. The predicted octanol–water partition coefficient (Wildman–Crippen LogP) is 8.50. The minimum absolute atomic E-state index is 0.0933. The number of hydrogen-bond acceptors (Lipinski definition) is 8. The number of aromatic amines is 1. The SMILES string of the molecule is COC(=O)N[C@H](C(=O)N1CCC[C@H]1C1=Nc2ccc3cc(-c4ccc5cc(-c6cnc([C@@H]7CCCN7C(=O)[C@H](NC(=O)N7CCOCC7)c7ccccc7)[nH]6)ccc5c4)ccc3c2C1)C(C)C. The van der Waals surface area contributed by atoms with Gasteiger partial charge in [0.15, 0.2) is 0 Å². The number of methoxy groups -OCH3 is 1. The van der Waals surface area contributed by atoms with E-state index >= 15 is 0 Å². The number of alkyl carbamates (subject to hydrolysis) is 1. The van der Waals surface area contributed by atoms with Crippen LogP contribution in [0.4, 0.5) is 15.3 Å². The molecule has 3 N–H and O–H groups in total. The van der Waals surface area contributed by atoms with Gasteiger partial charge in [-0.25, -0.2) is 14.6 Å². The van der Waals surface area contributed by atoms with Gasteiger partial charge in [0, 0.05) is 43.9 Å². The Hall–Kier alpha value is -7.06. The summed E-state index contributed by atoms with van der Waals surface area (Å²) in [5.41, 5.74) is 7.96. The second kappa shape index (κ2) is 18.7. The van der Waals surface area contributed by atoms with Crippen molar-refractivity contribution in [3.8, 4) is 22.4 Å². The van der Waals surface area contributed by atoms with Gasteiger partial charge in [-0.3, -0.25) is 14.6 Å². The highest BCUT2D eigenvalue weighted by atomic mass is 16.5. The third kappa shape index (κ3) is 8.73. The number of fused-ring (bicyclic) bond motifs is 4. The number of nitrogens with one attached hydrogen (secondary N) is 3. The van der Waals surface area contributed by atoms with Crippen LogP contribution in [0.15, 0.2) is 108 Å². The minimum Gasteiger partial charge on any atom is -0.453 e. The average Bonchev–Trinajstić information content (AvgIpc) is 4.21. The van der Waals surface area contributed by atoms with Gasteiger partial charge in [-0.2, -0.15) is 0 Å². The number of aromatic nitrogens is 2. The zero-order valence-electron chi connectivity index (χ0n) is 38.2. The lowest BCUT2D eigenvalue weighted by molar-refractivity contribution is -0.135. The molecular weight excluding hydrogens is 845 g/mol. The van der Waals surface area contributed by atoms with Gasteiger partial charge in [0.05, 0.1) is 50.0 Å². The Kier molecular flexibility index (Phi) is 12.2. The third-order valence-corrected chi connectivity index (χ3v) is 13.9. The van der Waals surface area contributed by atoms with E-state index in [0.29, 0.717) is 45.8 Å². The number of hydrogen-bond donors (Lipinski definition) is 3. The number of H-pyrrole nitrogens is 1. The van der Waals surface area contributed by atoms with Gasteiger partial charge in [0.25, 0.3) is 0 Å². The fraction of sp³-hybridized carbons (Fsp3) is 0.358. The van der Waals surface area contributed by atoms with Crippen molar-refractivity contribution < 1.29 is 28.7 Å². The van der Waals surface area contributed by atoms with E-state index in [-0.39, 0.29) is 35.8 Å². The van der Waals surface area contributed by atoms with Crippen LogP contribution in [0.3, 0.4) is 0 Å². The van der Waals surface area contributed by atoms with E-state index in [2.05, 4.69) is 82.3 Å². The number of aliphatic imine (C=N–C) groups is 1. The first-order valence-corrected chi connectivity index (χ1v) is 23.5. The number of nitrogens with zero attached hydrogens (tertiary/aromatic N) is 5. The molecular formula is C53H56N8O6. The molecule has 3 fully saturated rings. The lowest BCUT2D eigenvalue weighted by atomic mass is 9.94. The Balaban J connectivity index is 0.830. The Morgan fingerprint density at radius 3 is 2.13 bits per heavy atom. The molecule has 5 heterocycles. The van der Waals surface area contributed by atoms with Crippen LogP contribution < -0.4 is 10.6 Å². The molecule has 14 nitrogen and oxygen atoms in total. The quantitative estimate of drug-likeness (QED) is 0.124. The maximum absolute atomic E-state index is 14.4. The van der Waals surface area contributed by atoms with Gasteiger partial charge in [-0.05, 0) is 99.7 Å². The van der Waals surface area contributed by atoms with E-state index in [1.54, 1.807) is 4.90 Å². The number of carbonyl (C=O) groups is 4. The van der Waals surface area contributed by atoms with Gasteiger partial charge >= 0.3 is 12.1 Å². The number of imidazole rings is 1. The molecule has 344 valence electrons. The molecule has 5 amide bonds. The van der Waals surface area contributed by atoms with Gasteiger partial charge < -0.3 is 39.8 Å². The number of ether oxygens (including phenoxy) is 2. The van der Waals surface area contributed by atoms with Crippen molar-refractivity contribution in [2.24, 2.45) is 10.9 Å². The molecule has 0 aliphatic carbocycles. The lowest BCUT2D eigenvalue weighted by Gasteiger charge is -2.32. The van der Waals surface area contributed by atoms with E-state index in [1.165, 1.54) is 12.7 Å². The normalized spacial score (nSPS) is 19.1. The molecule has 0 bridgehead atoms. The first-order valence-electron chi connectivity index (χ1n) is 23.5. The molecule has 3 saturated heterocycles. The first kappa shape index (κ1) is 43.8. The molecule has 1 aromatic heterocycles. The molecule has 4 atom stereocenters. The highest BCUT2D eigenvalue weighted by molar-refractivity contribution is 6.06. The number of carbonyl (C=O) groups excluding carboxylic acids is 4. The van der Waals surface area contributed by atoms with Crippen LogP contribution in [0.1, 0.15) is 68.6 Å². The molecule has 0 unspecified atom stereocenters. The van der Waals surface area contributed by atoms with Crippen molar-refractivity contribution in [2.45, 2.75) is 70.1 Å². The summed E-state index contributed by atoms with van der Waals surface area (Å²) < 4.78 is 10.3. The van der Waals surface area contributed by atoms with Crippen molar-refractivity contribution >= 4 is 56.9 Å². The van der Waals surface area contributed by atoms with Crippen molar-refractivity contribution in [2.75, 3.05) is 46.5 Å². The van der Waals surface area contributed by atoms with Crippen molar-refractivity contribution in [3.05, 3.63) is 120 Å². The van der Waals surface area contributed by atoms with E-state index in [9.17, 15) is 19.2 Å². The van der Waals surface area contributed by atoms with E-state index in [4.69, 9.17) is 19.5 Å². The Bertz CT molecular complexity index is 2890. The highest BCUT2D eigenvalue weighted by Crippen LogP contribution is 2.39. The largest absolute Gasteiger partial charge is 0.453 e. The summed E-state index contributed by atoms with van der Waals surface area (Å²) in [4.78, 5) is 72.5. The summed E-state index contributed by atoms with van der Waals surface area (Å²) >= 11 is 0. The Morgan fingerprint density at radius 2 is 1.40 bits per heavy atom. The Labute approximate surface area is 389 Å². The van der Waals surface area contributed by atoms with Crippen LogP contribution in [0.5, 0.6) is 0 Å². The maximum atomic E-state index is 14.4. The molecule has 67 heavy (non-hydrogen) atoms. The van der Waals surface area contributed by atoms with Crippen molar-refractivity contribution in [1.82, 2.24) is 35.3 Å². The van der Waals surface area contributed by atoms with E-state index in [0.717, 1.165) is 92.4 Å². The molecule has 14 heteroatoms. The molecule has 4 aliphatic rings. The summed E-state index contributed by atoms with van der Waals surface area (Å²) in [5.74, 6) is 0.389. The monoisotopic (exact) mass is 900 g/mol. The average molecular weight is 901 g/mol. The number of rotatable bonds is 10. The molecule has 6 aromatic rings. The molecule has 10 rings (SSSR count). The lowest BCUT2D eigenvalue weighted by Crippen LogP contribution is -2.53. The smallest absolute Gasteiger partial charge is 0.407 e. The van der Waals surface area contributed by atoms with Gasteiger partial charge in [0.2, 0.25) is 11.8 Å². The fourth-order valence-electron chi connectivity index (χ4n) is 10.3. The fourth-order valence-corrected chi connectivity index (χ4v) is 10.3. The molecule has 0 saturated carbocycles. The standard InChI is InChI=1S/C53H56N8O6/c1-32(2)47(58-53(65)66-3)50(62)60-21-7-11-45(60)43-30-41-40-19-17-37(28-38(40)18-20-42(41)55-43)34-13-14-36-29-39(16-15-35(36)27-34)44-31-54-49(56-44)46-12-8-22-61(46)51(63)48(33-9-5-4-6-10-33)57-52(64)59-23-25-67-26-24-59/h4-6,9-10,13-20,27-29,31-32,45-48H,7-8,11-12,21-26,30H2,1-3H3,(H,54,56)(H,57,64)(H,58,65)/t45-,46-,47-,48+/m0/s1. The van der Waals surface area contributed by atoms with Crippen LogP contribution in [0.2, 0.25) is 0 Å². The maximum Gasteiger partial charge on any atom is 0.407 e. The van der Waals surface area contributed by atoms with Crippen LogP contribution in [-0.4, -0.2) is 113 Å². The van der Waals surface area contributed by atoms with E-state index < -0.39 is 18.2 Å². The zero-order chi connectivity index (χ0) is 46.2. The molecule has 5 aromatic carbocycles. The first-order chi connectivity index (χ1) is 32.6. The molecule has 0 spiro atoms. The van der Waals surface area contributed by atoms with Crippen molar-refractivity contribution in [1.29, 1.82) is 0 Å². The number of benzene rings is 5. The topological polar surface area (TPSA) is 162 Å². The summed E-state index contributed by atoms with van der Waals surface area (Å²) in [7, 11) is 1.31. The summed E-state index contributed by atoms with van der Waals surface area (Å²) in [6.07, 6.45) is 5.24. The second-order valence-electron chi connectivity index (χ2n) is 18.4. The number of morpholine rings is 1. The van der Waals surface area contributed by atoms with Gasteiger partial charge in [-0.1, -0.05) is 86.6 Å². The predicted molar refractivity (Wildman–Crippen MR) is 258 cm³/mol. The Morgan fingerprint density at radius 1 is 0.746 bits per heavy atom. The summed E-state index contributed by atoms with van der Waals surface area (Å²) in [6, 6.07) is 31.1.